The maximum Gasteiger partial charge on any atom is 0.386 e. The molecule has 0 bridgehead atoms. The second-order valence-electron chi connectivity index (χ2n) is 7.54. The topological polar surface area (TPSA) is 56.8 Å². The van der Waals surface area contributed by atoms with Crippen LogP contribution in [0.3, 0.4) is 0 Å². The molecule has 0 saturated heterocycles. The third kappa shape index (κ3) is 6.22. The Bertz CT molecular complexity index is 959. The summed E-state index contributed by atoms with van der Waals surface area (Å²) in [5, 5.41) is 2.81. The van der Waals surface area contributed by atoms with Crippen molar-refractivity contribution in [3.8, 4) is 11.5 Å². The second-order valence-corrected chi connectivity index (χ2v) is 7.54. The number of alkyl halides is 2. The monoisotopic (exact) mass is 445 g/mol. The van der Waals surface area contributed by atoms with Crippen LogP contribution in [0.2, 0.25) is 0 Å². The average molecular weight is 446 g/mol. The summed E-state index contributed by atoms with van der Waals surface area (Å²) in [5.41, 5.74) is 4.03. The number of carbonyl (C=O) groups is 1. The van der Waals surface area contributed by atoms with Crippen molar-refractivity contribution >= 4 is 11.5 Å². The van der Waals surface area contributed by atoms with Crippen molar-refractivity contribution in [1.29, 1.82) is 0 Å². The lowest BCUT2D eigenvalue weighted by Gasteiger charge is -2.17. The van der Waals surface area contributed by atoms with E-state index < -0.39 is 12.5 Å². The number of aryl methyl sites for hydroxylation is 2. The van der Waals surface area contributed by atoms with Crippen LogP contribution >= 0.6 is 0 Å². The Balaban J connectivity index is 1.70. The van der Waals surface area contributed by atoms with Gasteiger partial charge < -0.3 is 19.5 Å². The highest BCUT2D eigenvalue weighted by atomic mass is 19.3. The second kappa shape index (κ2) is 11.5. The Labute approximate surface area is 187 Å². The van der Waals surface area contributed by atoms with Gasteiger partial charge in [-0.05, 0) is 73.4 Å². The molecule has 2 aromatic carbocycles. The Kier molecular flexibility index (Phi) is 8.48. The van der Waals surface area contributed by atoms with Crippen molar-refractivity contribution in [2.24, 2.45) is 0 Å². The van der Waals surface area contributed by atoms with Crippen LogP contribution in [0.5, 0.6) is 11.5 Å². The molecule has 0 atom stereocenters. The largest absolute Gasteiger partial charge is 0.493 e. The van der Waals surface area contributed by atoms with E-state index in [0.717, 1.165) is 43.1 Å². The zero-order valence-corrected chi connectivity index (χ0v) is 18.5. The highest BCUT2D eigenvalue weighted by molar-refractivity contribution is 6.19. The molecule has 0 saturated carbocycles. The molecule has 172 valence electrons. The third-order valence-electron chi connectivity index (χ3n) is 5.42. The van der Waals surface area contributed by atoms with E-state index in [1.54, 1.807) is 13.2 Å². The molecule has 0 spiro atoms. The Morgan fingerprint density at radius 3 is 2.59 bits per heavy atom. The number of ether oxygens (including phenoxy) is 3. The van der Waals surface area contributed by atoms with Crippen molar-refractivity contribution in [3.05, 3.63) is 64.9 Å². The number of fused-ring (bicyclic) bond motifs is 1. The van der Waals surface area contributed by atoms with Gasteiger partial charge in [-0.1, -0.05) is 24.3 Å². The van der Waals surface area contributed by atoms with Gasteiger partial charge in [0.05, 0.1) is 19.3 Å². The van der Waals surface area contributed by atoms with Crippen molar-refractivity contribution in [2.75, 3.05) is 20.3 Å². The number of hydrogen-bond acceptors (Lipinski definition) is 4. The smallest absolute Gasteiger partial charge is 0.386 e. The van der Waals surface area contributed by atoms with Crippen LogP contribution in [0.25, 0.3) is 5.57 Å². The van der Waals surface area contributed by atoms with Crippen LogP contribution in [-0.2, 0) is 28.8 Å². The average Bonchev–Trinajstić information content (AvgIpc) is 2.79. The lowest BCUT2D eigenvalue weighted by atomic mass is 9.89. The van der Waals surface area contributed by atoms with Gasteiger partial charge in [-0.2, -0.15) is 8.78 Å². The lowest BCUT2D eigenvalue weighted by molar-refractivity contribution is -0.116. The van der Waals surface area contributed by atoms with E-state index >= 15 is 0 Å². The number of rotatable bonds is 10. The summed E-state index contributed by atoms with van der Waals surface area (Å²) in [6.45, 7) is -0.266. The molecule has 0 heterocycles. The molecule has 7 heteroatoms. The van der Waals surface area contributed by atoms with Gasteiger partial charge in [-0.3, -0.25) is 4.79 Å². The molecule has 1 N–H and O–H groups in total. The minimum atomic E-state index is -2.99. The van der Waals surface area contributed by atoms with Gasteiger partial charge in [0, 0.05) is 6.54 Å². The van der Waals surface area contributed by atoms with Crippen molar-refractivity contribution in [1.82, 2.24) is 5.32 Å². The highest BCUT2D eigenvalue weighted by Crippen LogP contribution is 2.28. The fourth-order valence-corrected chi connectivity index (χ4v) is 3.83. The first-order valence-electron chi connectivity index (χ1n) is 10.9. The molecule has 1 aliphatic rings. The number of amides is 1. The van der Waals surface area contributed by atoms with Crippen LogP contribution < -0.4 is 14.8 Å². The van der Waals surface area contributed by atoms with E-state index in [0.29, 0.717) is 36.6 Å². The first-order chi connectivity index (χ1) is 15.5. The minimum Gasteiger partial charge on any atom is -0.493 e. The summed E-state index contributed by atoms with van der Waals surface area (Å²) in [7, 11) is 1.58. The normalized spacial score (nSPS) is 13.5. The van der Waals surface area contributed by atoms with Gasteiger partial charge in [-0.15, -0.1) is 0 Å². The summed E-state index contributed by atoms with van der Waals surface area (Å²) >= 11 is 0. The Morgan fingerprint density at radius 2 is 1.88 bits per heavy atom. The predicted octanol–water partition coefficient (Wildman–Crippen LogP) is 4.91. The van der Waals surface area contributed by atoms with Crippen molar-refractivity contribution in [2.45, 2.75) is 45.6 Å². The van der Waals surface area contributed by atoms with Gasteiger partial charge in [0.1, 0.15) is 6.26 Å². The van der Waals surface area contributed by atoms with Crippen LogP contribution in [-0.4, -0.2) is 32.8 Å². The number of hydrogen-bond donors (Lipinski definition) is 1. The van der Waals surface area contributed by atoms with Crippen molar-refractivity contribution < 1.29 is 27.8 Å². The third-order valence-corrected chi connectivity index (χ3v) is 5.42. The fraction of sp³-hybridized carbons (Fsp3) is 0.400. The minimum absolute atomic E-state index is 0.0865. The number of nitrogens with one attached hydrogen (secondary N) is 1. The van der Waals surface area contributed by atoms with Gasteiger partial charge in [0.2, 0.25) is 0 Å². The Morgan fingerprint density at radius 1 is 1.09 bits per heavy atom. The maximum atomic E-state index is 12.8. The van der Waals surface area contributed by atoms with Gasteiger partial charge >= 0.3 is 6.61 Å². The zero-order chi connectivity index (χ0) is 22.9. The summed E-state index contributed by atoms with van der Waals surface area (Å²) < 4.78 is 40.6. The molecule has 0 radical (unpaired) electrons. The summed E-state index contributed by atoms with van der Waals surface area (Å²) in [4.78, 5) is 12.8. The summed E-state index contributed by atoms with van der Waals surface area (Å²) in [5.74, 6) is 0.820. The molecular weight excluding hydrogens is 416 g/mol. The number of carbonyl (C=O) groups excluding carboxylic acids is 1. The Hall–Kier alpha value is -3.09. The van der Waals surface area contributed by atoms with Gasteiger partial charge in [0.25, 0.3) is 5.91 Å². The van der Waals surface area contributed by atoms with E-state index in [1.165, 1.54) is 5.56 Å². The maximum absolute atomic E-state index is 12.8. The lowest BCUT2D eigenvalue weighted by Crippen LogP contribution is -2.27. The van der Waals surface area contributed by atoms with Crippen LogP contribution in [0, 0.1) is 0 Å². The molecular formula is C25H29F2NO4. The SMILES string of the molecule is CCOc1cc(CCNC(=O)C(=COC(F)F)c2ccc3c(c2)CCCC3)ccc1OC. The molecule has 0 aliphatic heterocycles. The first-order valence-corrected chi connectivity index (χ1v) is 10.9. The predicted molar refractivity (Wildman–Crippen MR) is 119 cm³/mol. The molecule has 0 aromatic heterocycles. The summed E-state index contributed by atoms with van der Waals surface area (Å²) in [6, 6.07) is 11.3. The van der Waals surface area contributed by atoms with Gasteiger partial charge in [0.15, 0.2) is 11.5 Å². The van der Waals surface area contributed by atoms with E-state index in [1.807, 2.05) is 37.3 Å². The standard InChI is InChI=1S/C25H29F2NO4/c1-3-31-23-14-17(8-11-22(23)30-2)12-13-28-24(29)21(16-32-25(26)27)20-10-9-18-6-4-5-7-19(18)15-20/h8-11,14-16,25H,3-7,12-13H2,1-2H3,(H,28,29). The molecule has 2 aromatic rings. The molecule has 0 fully saturated rings. The van der Waals surface area contributed by atoms with Crippen LogP contribution in [0.15, 0.2) is 42.7 Å². The molecule has 1 aliphatic carbocycles. The van der Waals surface area contributed by atoms with Crippen LogP contribution in [0.4, 0.5) is 8.78 Å². The van der Waals surface area contributed by atoms with E-state index in [4.69, 9.17) is 9.47 Å². The molecule has 5 nitrogen and oxygen atoms in total. The van der Waals surface area contributed by atoms with Gasteiger partial charge in [-0.25, -0.2) is 0 Å². The fourth-order valence-electron chi connectivity index (χ4n) is 3.83. The summed E-state index contributed by atoms with van der Waals surface area (Å²) in [6.07, 6.45) is 5.54. The molecule has 3 rings (SSSR count). The number of halogens is 2. The number of benzene rings is 2. The highest BCUT2D eigenvalue weighted by Gasteiger charge is 2.17. The zero-order valence-electron chi connectivity index (χ0n) is 18.5. The first kappa shape index (κ1) is 23.6. The molecule has 0 unspecified atom stereocenters. The molecule has 32 heavy (non-hydrogen) atoms. The molecule has 1 amide bonds. The van der Waals surface area contributed by atoms with Crippen LogP contribution in [0.1, 0.15) is 42.0 Å². The quantitative estimate of drug-likeness (QED) is 0.417. The van der Waals surface area contributed by atoms with E-state index in [2.05, 4.69) is 10.1 Å². The van der Waals surface area contributed by atoms with E-state index in [-0.39, 0.29) is 5.57 Å². The van der Waals surface area contributed by atoms with Crippen molar-refractivity contribution in [3.63, 3.8) is 0 Å². The number of methoxy groups -OCH3 is 1. The van der Waals surface area contributed by atoms with E-state index in [9.17, 15) is 13.6 Å².